The number of nitrogens with zero attached hydrogens (tertiary/aromatic N) is 1. The summed E-state index contributed by atoms with van der Waals surface area (Å²) in [5.74, 6) is -1.53. The standard InChI is InChI=1S/C8H6F3NO2/c1-14-5-2-4(3-13)8(11)12-6(5)7(9)10/h2-3,7H,1H3. The highest BCUT2D eigenvalue weighted by Gasteiger charge is 2.19. The van der Waals surface area contributed by atoms with Crippen LogP contribution in [0.2, 0.25) is 0 Å². The molecule has 0 fully saturated rings. The predicted molar refractivity (Wildman–Crippen MR) is 41.1 cm³/mol. The van der Waals surface area contributed by atoms with Crippen LogP contribution in [-0.2, 0) is 0 Å². The summed E-state index contributed by atoms with van der Waals surface area (Å²) in [5, 5.41) is 0. The molecule has 0 saturated heterocycles. The van der Waals surface area contributed by atoms with Crippen molar-refractivity contribution in [3.05, 3.63) is 23.3 Å². The molecule has 14 heavy (non-hydrogen) atoms. The molecule has 0 bridgehead atoms. The lowest BCUT2D eigenvalue weighted by molar-refractivity contribution is 0.111. The number of ether oxygens (including phenoxy) is 1. The lowest BCUT2D eigenvalue weighted by atomic mass is 10.2. The van der Waals surface area contributed by atoms with Crippen molar-refractivity contribution in [1.82, 2.24) is 4.98 Å². The van der Waals surface area contributed by atoms with Crippen LogP contribution in [0.3, 0.4) is 0 Å². The van der Waals surface area contributed by atoms with Gasteiger partial charge in [0.1, 0.15) is 5.75 Å². The Kier molecular flexibility index (Phi) is 3.06. The van der Waals surface area contributed by atoms with Crippen molar-refractivity contribution < 1.29 is 22.7 Å². The zero-order valence-corrected chi connectivity index (χ0v) is 7.13. The molecule has 0 aliphatic rings. The number of hydrogen-bond acceptors (Lipinski definition) is 3. The molecule has 0 aliphatic heterocycles. The van der Waals surface area contributed by atoms with Gasteiger partial charge in [0, 0.05) is 0 Å². The topological polar surface area (TPSA) is 39.2 Å². The molecule has 0 unspecified atom stereocenters. The number of rotatable bonds is 3. The minimum absolute atomic E-state index is 0.181. The maximum Gasteiger partial charge on any atom is 0.284 e. The minimum Gasteiger partial charge on any atom is -0.495 e. The molecule has 0 aliphatic carbocycles. The fourth-order valence-electron chi connectivity index (χ4n) is 0.903. The molecule has 0 atom stereocenters. The van der Waals surface area contributed by atoms with Gasteiger partial charge < -0.3 is 4.74 Å². The Morgan fingerprint density at radius 2 is 2.21 bits per heavy atom. The Balaban J connectivity index is 3.31. The van der Waals surface area contributed by atoms with E-state index in [1.165, 1.54) is 0 Å². The minimum atomic E-state index is -2.94. The Bertz CT molecular complexity index is 355. The van der Waals surface area contributed by atoms with E-state index >= 15 is 0 Å². The molecule has 1 rings (SSSR count). The Morgan fingerprint density at radius 1 is 1.57 bits per heavy atom. The number of halogens is 3. The number of carbonyl (C=O) groups excluding carboxylic acids is 1. The lowest BCUT2D eigenvalue weighted by Gasteiger charge is -2.07. The highest BCUT2D eigenvalue weighted by atomic mass is 19.3. The maximum absolute atomic E-state index is 12.8. The zero-order valence-electron chi connectivity index (χ0n) is 7.13. The van der Waals surface area contributed by atoms with E-state index < -0.39 is 23.6 Å². The first kappa shape index (κ1) is 10.5. The van der Waals surface area contributed by atoms with Crippen LogP contribution in [0.25, 0.3) is 0 Å². The summed E-state index contributed by atoms with van der Waals surface area (Å²) in [4.78, 5) is 13.2. The van der Waals surface area contributed by atoms with Crippen molar-refractivity contribution in [2.24, 2.45) is 0 Å². The van der Waals surface area contributed by atoms with Gasteiger partial charge in [0.2, 0.25) is 5.95 Å². The molecule has 0 aromatic carbocycles. The summed E-state index contributed by atoms with van der Waals surface area (Å²) in [7, 11) is 1.13. The van der Waals surface area contributed by atoms with E-state index in [4.69, 9.17) is 0 Å². The monoisotopic (exact) mass is 205 g/mol. The van der Waals surface area contributed by atoms with Crippen molar-refractivity contribution in [1.29, 1.82) is 0 Å². The van der Waals surface area contributed by atoms with Crippen LogP contribution in [0.4, 0.5) is 13.2 Å². The van der Waals surface area contributed by atoms with Gasteiger partial charge in [-0.25, -0.2) is 13.8 Å². The van der Waals surface area contributed by atoms with Crippen molar-refractivity contribution in [3.8, 4) is 5.75 Å². The molecule has 76 valence electrons. The quantitative estimate of drug-likeness (QED) is 0.559. The lowest BCUT2D eigenvalue weighted by Crippen LogP contribution is -2.02. The zero-order chi connectivity index (χ0) is 10.7. The summed E-state index contributed by atoms with van der Waals surface area (Å²) in [6, 6.07) is 0.886. The first-order valence-corrected chi connectivity index (χ1v) is 3.58. The number of hydrogen-bond donors (Lipinski definition) is 0. The molecule has 0 N–H and O–H groups in total. The molecule has 0 amide bonds. The van der Waals surface area contributed by atoms with E-state index in [1.54, 1.807) is 0 Å². The molecule has 3 nitrogen and oxygen atoms in total. The van der Waals surface area contributed by atoms with Gasteiger partial charge in [-0.15, -0.1) is 0 Å². The summed E-state index contributed by atoms with van der Waals surface area (Å²) in [6.07, 6.45) is -2.76. The van der Waals surface area contributed by atoms with Gasteiger partial charge in [0.15, 0.2) is 12.0 Å². The highest BCUT2D eigenvalue weighted by molar-refractivity contribution is 5.75. The van der Waals surface area contributed by atoms with E-state index in [9.17, 15) is 18.0 Å². The molecule has 0 saturated carbocycles. The third kappa shape index (κ3) is 1.84. The predicted octanol–water partition coefficient (Wildman–Crippen LogP) is 1.98. The number of aromatic nitrogens is 1. The number of alkyl halides is 2. The summed E-state index contributed by atoms with van der Waals surface area (Å²) < 4.78 is 41.8. The van der Waals surface area contributed by atoms with E-state index in [0.29, 0.717) is 0 Å². The van der Waals surface area contributed by atoms with E-state index in [0.717, 1.165) is 13.2 Å². The smallest absolute Gasteiger partial charge is 0.284 e. The first-order chi connectivity index (χ1) is 6.60. The normalized spacial score (nSPS) is 10.4. The SMILES string of the molecule is COc1cc(C=O)c(F)nc1C(F)F. The molecular formula is C8H6F3NO2. The summed E-state index contributed by atoms with van der Waals surface area (Å²) >= 11 is 0. The maximum atomic E-state index is 12.8. The summed E-state index contributed by atoms with van der Waals surface area (Å²) in [6.45, 7) is 0. The van der Waals surface area contributed by atoms with Crippen LogP contribution >= 0.6 is 0 Å². The van der Waals surface area contributed by atoms with Crippen molar-refractivity contribution in [2.45, 2.75) is 6.43 Å². The Labute approximate surface area is 77.5 Å². The van der Waals surface area contributed by atoms with Crippen LogP contribution in [-0.4, -0.2) is 18.4 Å². The first-order valence-electron chi connectivity index (χ1n) is 3.58. The van der Waals surface area contributed by atoms with Gasteiger partial charge in [-0.2, -0.15) is 4.39 Å². The van der Waals surface area contributed by atoms with Crippen molar-refractivity contribution in [3.63, 3.8) is 0 Å². The second-order valence-corrected chi connectivity index (χ2v) is 2.37. The third-order valence-electron chi connectivity index (χ3n) is 1.55. The van der Waals surface area contributed by atoms with Gasteiger partial charge in [-0.3, -0.25) is 4.79 Å². The van der Waals surface area contributed by atoms with Crippen molar-refractivity contribution >= 4 is 6.29 Å². The molecule has 0 radical (unpaired) electrons. The largest absolute Gasteiger partial charge is 0.495 e. The number of methoxy groups -OCH3 is 1. The fourth-order valence-corrected chi connectivity index (χ4v) is 0.903. The van der Waals surface area contributed by atoms with Crippen LogP contribution < -0.4 is 4.74 Å². The second-order valence-electron chi connectivity index (χ2n) is 2.37. The number of pyridine rings is 1. The van der Waals surface area contributed by atoms with Crippen molar-refractivity contribution in [2.75, 3.05) is 7.11 Å². The average Bonchev–Trinajstić information content (AvgIpc) is 2.17. The number of aldehydes is 1. The van der Waals surface area contributed by atoms with Gasteiger partial charge in [0.25, 0.3) is 6.43 Å². The molecular weight excluding hydrogens is 199 g/mol. The van der Waals surface area contributed by atoms with Gasteiger partial charge in [0.05, 0.1) is 12.7 Å². The molecule has 1 heterocycles. The highest BCUT2D eigenvalue weighted by Crippen LogP contribution is 2.27. The van der Waals surface area contributed by atoms with Gasteiger partial charge in [-0.1, -0.05) is 0 Å². The van der Waals surface area contributed by atoms with E-state index in [1.807, 2.05) is 0 Å². The molecule has 1 aromatic heterocycles. The van der Waals surface area contributed by atoms with Crippen LogP contribution in [0.5, 0.6) is 5.75 Å². The Hall–Kier alpha value is -1.59. The Morgan fingerprint density at radius 3 is 2.64 bits per heavy atom. The van der Waals surface area contributed by atoms with E-state index in [2.05, 4.69) is 9.72 Å². The van der Waals surface area contributed by atoms with Crippen LogP contribution in [0, 0.1) is 5.95 Å². The fraction of sp³-hybridized carbons (Fsp3) is 0.250. The molecule has 0 spiro atoms. The van der Waals surface area contributed by atoms with Gasteiger partial charge in [-0.05, 0) is 6.07 Å². The van der Waals surface area contributed by atoms with Crippen LogP contribution in [0.15, 0.2) is 6.07 Å². The molecule has 6 heteroatoms. The second kappa shape index (κ2) is 4.08. The third-order valence-corrected chi connectivity index (χ3v) is 1.55. The number of carbonyl (C=O) groups is 1. The van der Waals surface area contributed by atoms with E-state index in [-0.39, 0.29) is 12.0 Å². The van der Waals surface area contributed by atoms with Gasteiger partial charge >= 0.3 is 0 Å². The summed E-state index contributed by atoms with van der Waals surface area (Å²) in [5.41, 5.74) is -1.22. The average molecular weight is 205 g/mol. The molecule has 1 aromatic rings. The van der Waals surface area contributed by atoms with Crippen LogP contribution in [0.1, 0.15) is 22.5 Å².